The largest absolute Gasteiger partial charge is 0.546 e. The third kappa shape index (κ3) is 6.07. The number of hydrogen-bond acceptors (Lipinski definition) is 7. The number of aliphatic carboxylic acids is 1. The number of esters is 2. The highest BCUT2D eigenvalue weighted by atomic mass is 16.6. The van der Waals surface area contributed by atoms with Crippen LogP contribution in [0, 0.1) is 6.92 Å². The molecule has 0 radical (unpaired) electrons. The first kappa shape index (κ1) is 19.1. The summed E-state index contributed by atoms with van der Waals surface area (Å²) < 4.78 is 9.22. The van der Waals surface area contributed by atoms with E-state index in [-0.39, 0.29) is 6.54 Å². The second kappa shape index (κ2) is 8.66. The van der Waals surface area contributed by atoms with Crippen molar-refractivity contribution in [3.05, 3.63) is 35.4 Å². The Hall–Kier alpha value is -2.90. The summed E-state index contributed by atoms with van der Waals surface area (Å²) in [7, 11) is 0. The zero-order valence-corrected chi connectivity index (χ0v) is 13.5. The van der Waals surface area contributed by atoms with E-state index in [1.165, 1.54) is 0 Å². The van der Waals surface area contributed by atoms with E-state index >= 15 is 0 Å². The molecule has 8 nitrogen and oxygen atoms in total. The molecule has 0 saturated heterocycles. The van der Waals surface area contributed by atoms with Gasteiger partial charge >= 0.3 is 11.9 Å². The second-order valence-corrected chi connectivity index (χ2v) is 5.08. The quantitative estimate of drug-likeness (QED) is 0.648. The summed E-state index contributed by atoms with van der Waals surface area (Å²) in [4.78, 5) is 45.4. The fourth-order valence-corrected chi connectivity index (χ4v) is 1.84. The van der Waals surface area contributed by atoms with Crippen LogP contribution in [0.4, 0.5) is 0 Å². The Kier molecular flexibility index (Phi) is 6.91. The molecule has 0 heterocycles. The molecule has 1 N–H and O–H groups in total. The van der Waals surface area contributed by atoms with Gasteiger partial charge in [-0.1, -0.05) is 29.8 Å². The van der Waals surface area contributed by atoms with E-state index in [9.17, 15) is 24.3 Å². The summed E-state index contributed by atoms with van der Waals surface area (Å²) in [5.41, 5.74) is 1.79. The maximum Gasteiger partial charge on any atom is 0.303 e. The summed E-state index contributed by atoms with van der Waals surface area (Å²) >= 11 is 0. The molecular formula is C16H18NO7-. The average molecular weight is 336 g/mol. The van der Waals surface area contributed by atoms with Gasteiger partial charge < -0.3 is 24.7 Å². The monoisotopic (exact) mass is 336 g/mol. The average Bonchev–Trinajstić information content (AvgIpc) is 2.49. The minimum Gasteiger partial charge on any atom is -0.546 e. The van der Waals surface area contributed by atoms with Gasteiger partial charge in [0.05, 0.1) is 5.97 Å². The normalized spacial score (nSPS) is 12.6. The molecule has 0 aliphatic rings. The lowest BCUT2D eigenvalue weighted by Crippen LogP contribution is -2.53. The minimum atomic E-state index is -2.04. The highest BCUT2D eigenvalue weighted by molar-refractivity contribution is 5.90. The fraction of sp³-hybridized carbons (Fsp3) is 0.375. The van der Waals surface area contributed by atoms with Crippen LogP contribution in [-0.4, -0.2) is 36.0 Å². The van der Waals surface area contributed by atoms with Gasteiger partial charge in [0, 0.05) is 20.4 Å². The maximum atomic E-state index is 12.2. The lowest BCUT2D eigenvalue weighted by Gasteiger charge is -2.26. The molecule has 0 spiro atoms. The predicted molar refractivity (Wildman–Crippen MR) is 79.1 cm³/mol. The van der Waals surface area contributed by atoms with Gasteiger partial charge in [0.15, 0.2) is 6.10 Å². The number of carbonyl (C=O) groups is 4. The Morgan fingerprint density at radius 2 is 1.50 bits per heavy atom. The summed E-state index contributed by atoms with van der Waals surface area (Å²) in [5, 5.41) is 13.5. The topological polar surface area (TPSA) is 122 Å². The van der Waals surface area contributed by atoms with Crippen molar-refractivity contribution in [2.45, 2.75) is 39.5 Å². The Bertz CT molecular complexity index is 624. The van der Waals surface area contributed by atoms with E-state index in [4.69, 9.17) is 4.74 Å². The minimum absolute atomic E-state index is 0.0801. The number of carbonyl (C=O) groups excluding carboxylic acids is 4. The highest BCUT2D eigenvalue weighted by Gasteiger charge is 2.34. The number of carboxylic acid groups (broad SMARTS) is 1. The molecule has 130 valence electrons. The molecule has 1 aromatic carbocycles. The number of nitrogens with one attached hydrogen (secondary N) is 1. The van der Waals surface area contributed by atoms with Gasteiger partial charge in [-0.3, -0.25) is 14.4 Å². The summed E-state index contributed by atoms with van der Waals surface area (Å²) in [6.45, 7) is 3.95. The Morgan fingerprint density at radius 3 is 1.96 bits per heavy atom. The summed E-state index contributed by atoms with van der Waals surface area (Å²) in [6.07, 6.45) is -3.88. The zero-order valence-electron chi connectivity index (χ0n) is 13.5. The first-order valence-electron chi connectivity index (χ1n) is 7.09. The van der Waals surface area contributed by atoms with E-state index in [0.29, 0.717) is 0 Å². The Balaban J connectivity index is 2.86. The SMILES string of the molecule is CC(=O)O[C@H](C(=O)[O-])[C@@H](OC(C)=O)C(=O)NCc1ccc(C)cc1. The molecule has 1 amide bonds. The molecule has 0 aliphatic carbocycles. The van der Waals surface area contributed by atoms with Crippen LogP contribution in [0.2, 0.25) is 0 Å². The summed E-state index contributed by atoms with van der Waals surface area (Å²) in [6, 6.07) is 7.24. The van der Waals surface area contributed by atoms with E-state index in [0.717, 1.165) is 25.0 Å². The number of rotatable bonds is 7. The smallest absolute Gasteiger partial charge is 0.303 e. The van der Waals surface area contributed by atoms with E-state index in [1.807, 2.05) is 19.1 Å². The van der Waals surface area contributed by atoms with Gasteiger partial charge in [-0.25, -0.2) is 0 Å². The standard InChI is InChI=1S/C16H19NO7/c1-9-4-6-12(7-5-9)8-17-15(20)13(23-10(2)18)14(16(21)22)24-11(3)19/h4-7,13-14H,8H2,1-3H3,(H,17,20)(H,21,22)/p-1/t13-,14+/m1/s1. The fourth-order valence-electron chi connectivity index (χ4n) is 1.84. The van der Waals surface area contributed by atoms with Crippen LogP contribution in [0.5, 0.6) is 0 Å². The molecule has 0 saturated carbocycles. The van der Waals surface area contributed by atoms with Crippen molar-refractivity contribution >= 4 is 23.8 Å². The molecule has 0 fully saturated rings. The van der Waals surface area contributed by atoms with Gasteiger partial charge in [-0.15, -0.1) is 0 Å². The molecule has 24 heavy (non-hydrogen) atoms. The van der Waals surface area contributed by atoms with Crippen LogP contribution in [0.3, 0.4) is 0 Å². The Morgan fingerprint density at radius 1 is 1.00 bits per heavy atom. The first-order valence-corrected chi connectivity index (χ1v) is 7.09. The lowest BCUT2D eigenvalue weighted by molar-refractivity contribution is -0.318. The van der Waals surface area contributed by atoms with Crippen molar-refractivity contribution < 1.29 is 33.8 Å². The second-order valence-electron chi connectivity index (χ2n) is 5.08. The van der Waals surface area contributed by atoms with Gasteiger partial charge in [0.1, 0.15) is 0 Å². The molecule has 0 aromatic heterocycles. The van der Waals surface area contributed by atoms with Crippen molar-refractivity contribution in [2.24, 2.45) is 0 Å². The molecule has 2 atom stereocenters. The van der Waals surface area contributed by atoms with Crippen molar-refractivity contribution in [3.63, 3.8) is 0 Å². The van der Waals surface area contributed by atoms with E-state index in [1.54, 1.807) is 12.1 Å². The number of aryl methyl sites for hydroxylation is 1. The van der Waals surface area contributed by atoms with Gasteiger partial charge in [0.2, 0.25) is 6.10 Å². The van der Waals surface area contributed by atoms with Crippen molar-refractivity contribution in [3.8, 4) is 0 Å². The predicted octanol–water partition coefficient (Wildman–Crippen LogP) is -0.775. The van der Waals surface area contributed by atoms with Crippen LogP contribution >= 0.6 is 0 Å². The van der Waals surface area contributed by atoms with Crippen LogP contribution in [0.25, 0.3) is 0 Å². The van der Waals surface area contributed by atoms with E-state index < -0.39 is 36.0 Å². The molecular weight excluding hydrogens is 318 g/mol. The number of hydrogen-bond donors (Lipinski definition) is 1. The Labute approximate surface area is 138 Å². The molecule has 8 heteroatoms. The molecule has 0 unspecified atom stereocenters. The van der Waals surface area contributed by atoms with Crippen molar-refractivity contribution in [1.29, 1.82) is 0 Å². The lowest BCUT2D eigenvalue weighted by atomic mass is 10.1. The molecule has 1 rings (SSSR count). The molecule has 1 aromatic rings. The van der Waals surface area contributed by atoms with Crippen LogP contribution in [0.15, 0.2) is 24.3 Å². The number of benzene rings is 1. The van der Waals surface area contributed by atoms with Crippen LogP contribution in [-0.2, 0) is 35.2 Å². The van der Waals surface area contributed by atoms with Crippen LogP contribution < -0.4 is 10.4 Å². The van der Waals surface area contributed by atoms with Crippen LogP contribution in [0.1, 0.15) is 25.0 Å². The maximum absolute atomic E-state index is 12.2. The summed E-state index contributed by atoms with van der Waals surface area (Å²) in [5.74, 6) is -4.61. The number of carboxylic acids is 1. The van der Waals surface area contributed by atoms with E-state index in [2.05, 4.69) is 10.1 Å². The number of amides is 1. The van der Waals surface area contributed by atoms with Gasteiger partial charge in [0.25, 0.3) is 5.91 Å². The van der Waals surface area contributed by atoms with Gasteiger partial charge in [-0.2, -0.15) is 0 Å². The number of ether oxygens (including phenoxy) is 2. The third-order valence-electron chi connectivity index (χ3n) is 2.94. The molecule has 0 bridgehead atoms. The van der Waals surface area contributed by atoms with Crippen molar-refractivity contribution in [1.82, 2.24) is 5.32 Å². The third-order valence-corrected chi connectivity index (χ3v) is 2.94. The highest BCUT2D eigenvalue weighted by Crippen LogP contribution is 2.08. The van der Waals surface area contributed by atoms with Crippen molar-refractivity contribution in [2.75, 3.05) is 0 Å². The molecule has 0 aliphatic heterocycles. The zero-order chi connectivity index (χ0) is 18.3. The first-order chi connectivity index (χ1) is 11.2. The van der Waals surface area contributed by atoms with Gasteiger partial charge in [-0.05, 0) is 12.5 Å².